The maximum atomic E-state index is 11.7. The molecule has 1 unspecified atom stereocenters. The summed E-state index contributed by atoms with van der Waals surface area (Å²) in [5.74, 6) is 0.497. The zero-order chi connectivity index (χ0) is 12.9. The molecule has 0 spiro atoms. The molecule has 0 aromatic carbocycles. The van der Waals surface area contributed by atoms with Gasteiger partial charge in [-0.3, -0.25) is 4.79 Å². The maximum Gasteiger partial charge on any atom is 0.206 e. The number of carbonyl (C=O) groups excluding carboxylic acids is 1. The van der Waals surface area contributed by atoms with Crippen LogP contribution in [0.1, 0.15) is 20.8 Å². The summed E-state index contributed by atoms with van der Waals surface area (Å²) in [5, 5.41) is 9.03. The molecule has 0 saturated heterocycles. The third-order valence-corrected chi connectivity index (χ3v) is 2.34. The molecule has 92 valence electrons. The molecule has 0 fully saturated rings. The largest absolute Gasteiger partial charge is 0.475 e. The SMILES string of the molecule is C/C=C/C1=CC(=O)[C@](C)(/C=C/C=C/C(C)O)O1. The second-order valence-corrected chi connectivity index (χ2v) is 4.10. The first kappa shape index (κ1) is 13.5. The van der Waals surface area contributed by atoms with Gasteiger partial charge in [0.1, 0.15) is 5.76 Å². The molecule has 1 rings (SSSR count). The van der Waals surface area contributed by atoms with E-state index in [0.717, 1.165) is 0 Å². The van der Waals surface area contributed by atoms with Gasteiger partial charge in [-0.05, 0) is 32.9 Å². The monoisotopic (exact) mass is 234 g/mol. The van der Waals surface area contributed by atoms with Crippen molar-refractivity contribution >= 4 is 5.78 Å². The van der Waals surface area contributed by atoms with Gasteiger partial charge in [0.15, 0.2) is 5.60 Å². The highest BCUT2D eigenvalue weighted by atomic mass is 16.5. The van der Waals surface area contributed by atoms with Crippen LogP contribution >= 0.6 is 0 Å². The minimum Gasteiger partial charge on any atom is -0.475 e. The fraction of sp³-hybridized carbons (Fsp3) is 0.357. The number of ether oxygens (including phenoxy) is 1. The third kappa shape index (κ3) is 3.71. The van der Waals surface area contributed by atoms with Crippen molar-refractivity contribution < 1.29 is 14.6 Å². The average Bonchev–Trinajstić information content (AvgIpc) is 2.50. The topological polar surface area (TPSA) is 46.5 Å². The van der Waals surface area contributed by atoms with Gasteiger partial charge in [0.2, 0.25) is 5.78 Å². The lowest BCUT2D eigenvalue weighted by Crippen LogP contribution is -2.29. The quantitative estimate of drug-likeness (QED) is 0.759. The lowest BCUT2D eigenvalue weighted by atomic mass is 10.0. The second kappa shape index (κ2) is 5.64. The number of carbonyl (C=O) groups is 1. The molecule has 0 radical (unpaired) electrons. The van der Waals surface area contributed by atoms with E-state index in [1.54, 1.807) is 44.2 Å². The summed E-state index contributed by atoms with van der Waals surface area (Å²) in [4.78, 5) is 11.7. The van der Waals surface area contributed by atoms with E-state index in [0.29, 0.717) is 5.76 Å². The van der Waals surface area contributed by atoms with Crippen LogP contribution in [0.5, 0.6) is 0 Å². The van der Waals surface area contributed by atoms with Crippen LogP contribution in [0, 0.1) is 0 Å². The highest BCUT2D eigenvalue weighted by Crippen LogP contribution is 2.26. The maximum absolute atomic E-state index is 11.7. The molecule has 0 aromatic heterocycles. The summed E-state index contributed by atoms with van der Waals surface area (Å²) in [6.07, 6.45) is 11.3. The van der Waals surface area contributed by atoms with Crippen LogP contribution in [0.3, 0.4) is 0 Å². The van der Waals surface area contributed by atoms with Crippen LogP contribution in [-0.2, 0) is 9.53 Å². The summed E-state index contributed by atoms with van der Waals surface area (Å²) in [6.45, 7) is 5.25. The normalized spacial score (nSPS) is 27.1. The molecule has 17 heavy (non-hydrogen) atoms. The Labute approximate surface area is 102 Å². The molecule has 1 heterocycles. The second-order valence-electron chi connectivity index (χ2n) is 4.10. The van der Waals surface area contributed by atoms with Gasteiger partial charge in [0.05, 0.1) is 6.10 Å². The van der Waals surface area contributed by atoms with Crippen LogP contribution in [-0.4, -0.2) is 22.6 Å². The molecule has 2 atom stereocenters. The van der Waals surface area contributed by atoms with E-state index in [9.17, 15) is 4.79 Å². The number of hydrogen-bond donors (Lipinski definition) is 1. The summed E-state index contributed by atoms with van der Waals surface area (Å²) in [5.41, 5.74) is -0.933. The zero-order valence-corrected chi connectivity index (χ0v) is 10.4. The summed E-state index contributed by atoms with van der Waals surface area (Å²) in [7, 11) is 0. The molecule has 0 aromatic rings. The predicted octanol–water partition coefficient (Wildman–Crippen LogP) is 2.30. The van der Waals surface area contributed by atoms with Crippen molar-refractivity contribution in [2.45, 2.75) is 32.5 Å². The Kier molecular flexibility index (Phi) is 4.46. The van der Waals surface area contributed by atoms with Gasteiger partial charge >= 0.3 is 0 Å². The smallest absolute Gasteiger partial charge is 0.206 e. The van der Waals surface area contributed by atoms with Gasteiger partial charge < -0.3 is 9.84 Å². The van der Waals surface area contributed by atoms with Gasteiger partial charge in [-0.1, -0.05) is 24.3 Å². The predicted molar refractivity (Wildman–Crippen MR) is 67.4 cm³/mol. The Morgan fingerprint density at radius 2 is 2.18 bits per heavy atom. The Morgan fingerprint density at radius 1 is 1.47 bits per heavy atom. The summed E-state index contributed by atoms with van der Waals surface area (Å²) in [6, 6.07) is 0. The van der Waals surface area contributed by atoms with E-state index in [4.69, 9.17) is 9.84 Å². The lowest BCUT2D eigenvalue weighted by Gasteiger charge is -2.18. The number of aliphatic hydroxyl groups excluding tert-OH is 1. The molecule has 0 saturated carbocycles. The highest BCUT2D eigenvalue weighted by Gasteiger charge is 2.36. The molecule has 1 N–H and O–H groups in total. The summed E-state index contributed by atoms with van der Waals surface area (Å²) < 4.78 is 5.55. The Bertz CT molecular complexity index is 400. The molecular formula is C14H18O3. The molecule has 0 amide bonds. The molecule has 1 aliphatic heterocycles. The molecule has 1 aliphatic rings. The van der Waals surface area contributed by atoms with Crippen molar-refractivity contribution in [1.29, 1.82) is 0 Å². The van der Waals surface area contributed by atoms with Gasteiger partial charge in [0, 0.05) is 6.08 Å². The number of ketones is 1. The van der Waals surface area contributed by atoms with Crippen molar-refractivity contribution in [2.24, 2.45) is 0 Å². The van der Waals surface area contributed by atoms with Crippen molar-refractivity contribution in [2.75, 3.05) is 0 Å². The van der Waals surface area contributed by atoms with E-state index >= 15 is 0 Å². The van der Waals surface area contributed by atoms with Crippen LogP contribution in [0.15, 0.2) is 48.3 Å². The van der Waals surface area contributed by atoms with Crippen LogP contribution in [0.25, 0.3) is 0 Å². The van der Waals surface area contributed by atoms with Crippen LogP contribution in [0.2, 0.25) is 0 Å². The molecule has 3 nitrogen and oxygen atoms in total. The molecular weight excluding hydrogens is 216 g/mol. The standard InChI is InChI=1S/C14H18O3/c1-4-7-12-10-13(16)14(3,17-12)9-6-5-8-11(2)15/h4-11,15H,1-3H3/b7-4+,8-5+,9-6+/t11?,14-/m0/s1. The Balaban J connectivity index is 2.70. The van der Waals surface area contributed by atoms with Gasteiger partial charge in [0.25, 0.3) is 0 Å². The van der Waals surface area contributed by atoms with Crippen molar-refractivity contribution in [1.82, 2.24) is 0 Å². The highest BCUT2D eigenvalue weighted by molar-refractivity contribution is 6.01. The minimum atomic E-state index is -0.933. The molecule has 3 heteroatoms. The first-order chi connectivity index (χ1) is 7.98. The third-order valence-electron chi connectivity index (χ3n) is 2.34. The van der Waals surface area contributed by atoms with E-state index in [-0.39, 0.29) is 5.78 Å². The van der Waals surface area contributed by atoms with E-state index in [1.807, 2.05) is 13.0 Å². The Hall–Kier alpha value is -1.61. The first-order valence-electron chi connectivity index (χ1n) is 5.60. The van der Waals surface area contributed by atoms with Crippen molar-refractivity contribution in [3.63, 3.8) is 0 Å². The molecule has 0 aliphatic carbocycles. The number of hydrogen-bond acceptors (Lipinski definition) is 3. The van der Waals surface area contributed by atoms with E-state index in [2.05, 4.69) is 0 Å². The summed E-state index contributed by atoms with van der Waals surface area (Å²) >= 11 is 0. The van der Waals surface area contributed by atoms with E-state index < -0.39 is 11.7 Å². The zero-order valence-electron chi connectivity index (χ0n) is 10.4. The number of allylic oxidation sites excluding steroid dienone is 4. The van der Waals surface area contributed by atoms with Crippen LogP contribution < -0.4 is 0 Å². The lowest BCUT2D eigenvalue weighted by molar-refractivity contribution is -0.124. The van der Waals surface area contributed by atoms with Gasteiger partial charge in [-0.25, -0.2) is 0 Å². The fourth-order valence-electron chi connectivity index (χ4n) is 1.42. The molecule has 0 bridgehead atoms. The number of aliphatic hydroxyl groups is 1. The van der Waals surface area contributed by atoms with Crippen molar-refractivity contribution in [3.05, 3.63) is 48.3 Å². The fourth-order valence-corrected chi connectivity index (χ4v) is 1.42. The van der Waals surface area contributed by atoms with Gasteiger partial charge in [-0.2, -0.15) is 0 Å². The average molecular weight is 234 g/mol. The Morgan fingerprint density at radius 3 is 2.76 bits per heavy atom. The van der Waals surface area contributed by atoms with Crippen molar-refractivity contribution in [3.8, 4) is 0 Å². The van der Waals surface area contributed by atoms with Gasteiger partial charge in [-0.15, -0.1) is 0 Å². The van der Waals surface area contributed by atoms with E-state index in [1.165, 1.54) is 6.08 Å². The minimum absolute atomic E-state index is 0.0766. The number of rotatable bonds is 4. The first-order valence-corrected chi connectivity index (χ1v) is 5.60. The van der Waals surface area contributed by atoms with Crippen LogP contribution in [0.4, 0.5) is 0 Å².